The zero-order valence-electron chi connectivity index (χ0n) is 26.0. The Balaban J connectivity index is 1.76. The standard InChI is InChI=1S/C34H34F3IN2O8/c1-46-25-5-3-4-20(14-25)10-12-40(33(45)22-6-8-24(9-7-22)34(35,36)37)27-17-23(32(44)39-11-13-41)18-28(30(27)43)48-31-26(38)15-21(19-42)16-29(31)47-2/h3-9,14-16,18-19,27-28,30,41,43H,10-13,17H2,1-2H3,(H,39,44)/t27-,28+,30+/m1/s1. The van der Waals surface area contributed by atoms with Gasteiger partial charge in [-0.15, -0.1) is 0 Å². The second-order valence-electron chi connectivity index (χ2n) is 10.8. The number of ether oxygens (including phenoxy) is 3. The number of nitrogens with zero attached hydrogens (tertiary/aromatic N) is 1. The topological polar surface area (TPSA) is 135 Å². The molecule has 14 heteroatoms. The van der Waals surface area contributed by atoms with E-state index in [1.54, 1.807) is 24.3 Å². The second kappa shape index (κ2) is 16.3. The smallest absolute Gasteiger partial charge is 0.416 e. The predicted octanol–water partition coefficient (Wildman–Crippen LogP) is 4.44. The van der Waals surface area contributed by atoms with E-state index in [4.69, 9.17) is 14.2 Å². The Kier molecular flexibility index (Phi) is 12.5. The molecular formula is C34H34F3IN2O8. The molecular weight excluding hydrogens is 748 g/mol. The largest absolute Gasteiger partial charge is 0.497 e. The third kappa shape index (κ3) is 8.85. The number of amides is 2. The fourth-order valence-electron chi connectivity index (χ4n) is 5.30. The Labute approximate surface area is 288 Å². The highest BCUT2D eigenvalue weighted by atomic mass is 127. The molecule has 1 aliphatic carbocycles. The first-order valence-corrected chi connectivity index (χ1v) is 15.9. The minimum Gasteiger partial charge on any atom is -0.497 e. The van der Waals surface area contributed by atoms with E-state index in [2.05, 4.69) is 5.32 Å². The average molecular weight is 783 g/mol. The van der Waals surface area contributed by atoms with Crippen LogP contribution in [0.3, 0.4) is 0 Å². The summed E-state index contributed by atoms with van der Waals surface area (Å²) in [6.07, 6.45) is -5.08. The van der Waals surface area contributed by atoms with Gasteiger partial charge < -0.3 is 34.6 Å². The molecule has 4 rings (SSSR count). The zero-order chi connectivity index (χ0) is 35.0. The van der Waals surface area contributed by atoms with Crippen molar-refractivity contribution in [3.8, 4) is 17.2 Å². The molecule has 0 spiro atoms. The lowest BCUT2D eigenvalue weighted by atomic mass is 9.87. The lowest BCUT2D eigenvalue weighted by molar-refractivity contribution is -0.137. The molecule has 0 bridgehead atoms. The molecule has 3 N–H and O–H groups in total. The molecule has 1 aliphatic rings. The van der Waals surface area contributed by atoms with Crippen molar-refractivity contribution in [1.82, 2.24) is 10.2 Å². The van der Waals surface area contributed by atoms with E-state index in [-0.39, 0.29) is 55.2 Å². The van der Waals surface area contributed by atoms with Crippen LogP contribution in [0.25, 0.3) is 0 Å². The molecule has 2 amide bonds. The van der Waals surface area contributed by atoms with Crippen LogP contribution < -0.4 is 19.5 Å². The van der Waals surface area contributed by atoms with Crippen LogP contribution in [0.1, 0.15) is 38.3 Å². The van der Waals surface area contributed by atoms with Gasteiger partial charge in [-0.25, -0.2) is 0 Å². The van der Waals surface area contributed by atoms with Crippen LogP contribution in [0.15, 0.2) is 72.3 Å². The van der Waals surface area contributed by atoms with Crippen LogP contribution >= 0.6 is 22.6 Å². The molecule has 3 aromatic rings. The summed E-state index contributed by atoms with van der Waals surface area (Å²) in [5.74, 6) is -0.296. The minimum atomic E-state index is -4.61. The van der Waals surface area contributed by atoms with Gasteiger partial charge in [-0.3, -0.25) is 14.4 Å². The van der Waals surface area contributed by atoms with Crippen molar-refractivity contribution in [2.75, 3.05) is 33.9 Å². The van der Waals surface area contributed by atoms with Crippen molar-refractivity contribution in [3.63, 3.8) is 0 Å². The van der Waals surface area contributed by atoms with E-state index in [1.165, 1.54) is 31.3 Å². The van der Waals surface area contributed by atoms with Gasteiger partial charge >= 0.3 is 6.18 Å². The lowest BCUT2D eigenvalue weighted by Crippen LogP contribution is -2.55. The molecule has 0 unspecified atom stereocenters. The predicted molar refractivity (Wildman–Crippen MR) is 177 cm³/mol. The summed E-state index contributed by atoms with van der Waals surface area (Å²) >= 11 is 1.94. The van der Waals surface area contributed by atoms with E-state index in [0.29, 0.717) is 21.2 Å². The number of benzene rings is 3. The highest BCUT2D eigenvalue weighted by molar-refractivity contribution is 14.1. The van der Waals surface area contributed by atoms with Crippen molar-refractivity contribution < 1.29 is 52.0 Å². The fourth-order valence-corrected chi connectivity index (χ4v) is 6.05. The Morgan fingerprint density at radius 3 is 2.44 bits per heavy atom. The second-order valence-corrected chi connectivity index (χ2v) is 12.0. The van der Waals surface area contributed by atoms with E-state index >= 15 is 0 Å². The molecule has 0 aromatic heterocycles. The number of carbonyl (C=O) groups excluding carboxylic acids is 3. The Morgan fingerprint density at radius 2 is 1.81 bits per heavy atom. The Morgan fingerprint density at radius 1 is 1.08 bits per heavy atom. The molecule has 3 atom stereocenters. The Hall–Kier alpha value is -4.15. The van der Waals surface area contributed by atoms with E-state index < -0.39 is 41.8 Å². The van der Waals surface area contributed by atoms with Crippen molar-refractivity contribution in [3.05, 3.63) is 98.1 Å². The number of hydrogen-bond donors (Lipinski definition) is 3. The van der Waals surface area contributed by atoms with Gasteiger partial charge in [-0.05, 0) is 89.2 Å². The first-order chi connectivity index (χ1) is 22.9. The molecule has 48 heavy (non-hydrogen) atoms. The maximum absolute atomic E-state index is 14.1. The highest BCUT2D eigenvalue weighted by Gasteiger charge is 2.41. The van der Waals surface area contributed by atoms with Crippen LogP contribution in [-0.2, 0) is 17.4 Å². The molecule has 0 aliphatic heterocycles. The molecule has 0 heterocycles. The van der Waals surface area contributed by atoms with Gasteiger partial charge in [0, 0.05) is 36.2 Å². The third-order valence-corrected chi connectivity index (χ3v) is 8.55. The van der Waals surface area contributed by atoms with Crippen LogP contribution in [0.4, 0.5) is 13.2 Å². The van der Waals surface area contributed by atoms with Gasteiger partial charge in [0.1, 0.15) is 24.2 Å². The normalized spacial score (nSPS) is 17.6. The quantitative estimate of drug-likeness (QED) is 0.171. The summed E-state index contributed by atoms with van der Waals surface area (Å²) in [4.78, 5) is 40.1. The van der Waals surface area contributed by atoms with Crippen molar-refractivity contribution in [1.29, 1.82) is 0 Å². The molecule has 256 valence electrons. The molecule has 3 aromatic carbocycles. The van der Waals surface area contributed by atoms with Crippen LogP contribution in [0, 0.1) is 3.57 Å². The van der Waals surface area contributed by atoms with Gasteiger partial charge in [0.15, 0.2) is 11.5 Å². The van der Waals surface area contributed by atoms with E-state index in [9.17, 15) is 37.8 Å². The lowest BCUT2D eigenvalue weighted by Gasteiger charge is -2.40. The minimum absolute atomic E-state index is 0.00188. The van der Waals surface area contributed by atoms with Gasteiger partial charge in [-0.1, -0.05) is 12.1 Å². The van der Waals surface area contributed by atoms with Crippen LogP contribution in [0.5, 0.6) is 17.2 Å². The fraction of sp³-hybridized carbons (Fsp3) is 0.324. The summed E-state index contributed by atoms with van der Waals surface area (Å²) < 4.78 is 57.4. The number of aldehydes is 1. The number of aliphatic hydroxyl groups excluding tert-OH is 2. The summed E-state index contributed by atoms with van der Waals surface area (Å²) in [6.45, 7) is -0.387. The summed E-state index contributed by atoms with van der Waals surface area (Å²) in [5, 5.41) is 23.7. The monoisotopic (exact) mass is 782 g/mol. The Bertz CT molecular complexity index is 1650. The SMILES string of the molecule is COc1cccc(CCN(C(=O)c2ccc(C(F)(F)F)cc2)[C@@H]2CC(C(=O)NCCO)=C[C@H](Oc3c(I)cc(C=O)cc3OC)[C@H]2O)c1. The summed E-state index contributed by atoms with van der Waals surface area (Å²) in [5.41, 5.74) is 0.261. The van der Waals surface area contributed by atoms with Gasteiger partial charge in [-0.2, -0.15) is 13.2 Å². The first-order valence-electron chi connectivity index (χ1n) is 14.8. The first kappa shape index (κ1) is 36.7. The van der Waals surface area contributed by atoms with Crippen LogP contribution in [-0.4, -0.2) is 85.4 Å². The van der Waals surface area contributed by atoms with Gasteiger partial charge in [0.2, 0.25) is 5.91 Å². The maximum atomic E-state index is 14.1. The molecule has 0 radical (unpaired) electrons. The number of nitrogens with one attached hydrogen (secondary N) is 1. The van der Waals surface area contributed by atoms with Crippen LogP contribution in [0.2, 0.25) is 0 Å². The van der Waals surface area contributed by atoms with Gasteiger partial charge in [0.05, 0.1) is 36.0 Å². The molecule has 0 fully saturated rings. The summed E-state index contributed by atoms with van der Waals surface area (Å²) in [6, 6.07) is 12.8. The zero-order valence-corrected chi connectivity index (χ0v) is 28.2. The number of aliphatic hydroxyl groups is 2. The molecule has 10 nitrogen and oxygen atoms in total. The highest BCUT2D eigenvalue weighted by Crippen LogP contribution is 2.37. The van der Waals surface area contributed by atoms with Crippen molar-refractivity contribution >= 4 is 40.7 Å². The number of carbonyl (C=O) groups is 3. The van der Waals surface area contributed by atoms with E-state index in [1.807, 2.05) is 28.7 Å². The number of methoxy groups -OCH3 is 2. The van der Waals surface area contributed by atoms with Gasteiger partial charge in [0.25, 0.3) is 5.91 Å². The number of alkyl halides is 3. The number of hydrogen-bond acceptors (Lipinski definition) is 8. The van der Waals surface area contributed by atoms with Crippen molar-refractivity contribution in [2.45, 2.75) is 37.3 Å². The summed E-state index contributed by atoms with van der Waals surface area (Å²) in [7, 11) is 2.88. The average Bonchev–Trinajstić information content (AvgIpc) is 3.08. The maximum Gasteiger partial charge on any atom is 0.416 e. The van der Waals surface area contributed by atoms with E-state index in [0.717, 1.165) is 29.8 Å². The number of rotatable bonds is 13. The number of halogens is 4. The van der Waals surface area contributed by atoms with Crippen molar-refractivity contribution in [2.24, 2.45) is 0 Å². The molecule has 0 saturated carbocycles. The third-order valence-electron chi connectivity index (χ3n) is 7.75. The molecule has 0 saturated heterocycles.